The SMILES string of the molecule is CCCCc1ccc(C2CCC(CC=CCC(F)(F)F)CC2)cc1. The van der Waals surface area contributed by atoms with Crippen LogP contribution in [0.4, 0.5) is 13.2 Å². The molecule has 1 aromatic carbocycles. The highest BCUT2D eigenvalue weighted by Gasteiger charge is 2.25. The summed E-state index contributed by atoms with van der Waals surface area (Å²) in [5, 5.41) is 0. The average Bonchev–Trinajstić information content (AvgIpc) is 2.57. The molecule has 0 radical (unpaired) electrons. The van der Waals surface area contributed by atoms with Crippen molar-refractivity contribution in [2.24, 2.45) is 5.92 Å². The lowest BCUT2D eigenvalue weighted by Gasteiger charge is -2.28. The molecule has 0 nitrogen and oxygen atoms in total. The number of halogens is 3. The molecule has 0 heterocycles. The van der Waals surface area contributed by atoms with Crippen LogP contribution in [0.2, 0.25) is 0 Å². The van der Waals surface area contributed by atoms with Gasteiger partial charge >= 0.3 is 6.18 Å². The van der Waals surface area contributed by atoms with Crippen molar-refractivity contribution < 1.29 is 13.2 Å². The molecule has 0 aliphatic heterocycles. The van der Waals surface area contributed by atoms with Crippen molar-refractivity contribution >= 4 is 0 Å². The maximum atomic E-state index is 12.1. The first-order valence-corrected chi connectivity index (χ1v) is 9.28. The van der Waals surface area contributed by atoms with Gasteiger partial charge in [-0.3, -0.25) is 0 Å². The highest BCUT2D eigenvalue weighted by atomic mass is 19.4. The Labute approximate surface area is 144 Å². The fourth-order valence-corrected chi connectivity index (χ4v) is 3.57. The van der Waals surface area contributed by atoms with Crippen LogP contribution in [0.1, 0.15) is 75.3 Å². The Morgan fingerprint density at radius 2 is 1.67 bits per heavy atom. The number of hydrogen-bond donors (Lipinski definition) is 0. The Balaban J connectivity index is 1.74. The smallest absolute Gasteiger partial charge is 0.171 e. The first kappa shape index (κ1) is 19.1. The molecule has 2 rings (SSSR count). The van der Waals surface area contributed by atoms with E-state index in [2.05, 4.69) is 31.2 Å². The van der Waals surface area contributed by atoms with Crippen LogP contribution in [0.15, 0.2) is 36.4 Å². The summed E-state index contributed by atoms with van der Waals surface area (Å²) in [5.74, 6) is 1.18. The van der Waals surface area contributed by atoms with Gasteiger partial charge in [-0.05, 0) is 67.9 Å². The third-order valence-corrected chi connectivity index (χ3v) is 5.10. The largest absolute Gasteiger partial charge is 0.392 e. The molecule has 24 heavy (non-hydrogen) atoms. The van der Waals surface area contributed by atoms with Gasteiger partial charge in [-0.15, -0.1) is 0 Å². The highest BCUT2D eigenvalue weighted by Crippen LogP contribution is 2.37. The van der Waals surface area contributed by atoms with Gasteiger partial charge in [0, 0.05) is 0 Å². The highest BCUT2D eigenvalue weighted by molar-refractivity contribution is 5.26. The summed E-state index contributed by atoms with van der Waals surface area (Å²) in [4.78, 5) is 0. The Morgan fingerprint density at radius 1 is 1.00 bits per heavy atom. The lowest BCUT2D eigenvalue weighted by molar-refractivity contribution is -0.125. The van der Waals surface area contributed by atoms with E-state index in [-0.39, 0.29) is 0 Å². The first-order chi connectivity index (χ1) is 11.5. The monoisotopic (exact) mass is 338 g/mol. The predicted octanol–water partition coefficient (Wildman–Crippen LogP) is 7.20. The summed E-state index contributed by atoms with van der Waals surface area (Å²) < 4.78 is 36.3. The summed E-state index contributed by atoms with van der Waals surface area (Å²) in [6, 6.07) is 9.08. The molecule has 0 bridgehead atoms. The van der Waals surface area contributed by atoms with E-state index in [0.717, 1.165) is 38.5 Å². The van der Waals surface area contributed by atoms with Gasteiger partial charge in [-0.2, -0.15) is 13.2 Å². The van der Waals surface area contributed by atoms with Crippen molar-refractivity contribution in [2.45, 2.75) is 76.8 Å². The predicted molar refractivity (Wildman–Crippen MR) is 94.2 cm³/mol. The summed E-state index contributed by atoms with van der Waals surface area (Å²) in [6.45, 7) is 2.21. The van der Waals surface area contributed by atoms with Crippen molar-refractivity contribution in [1.29, 1.82) is 0 Å². The summed E-state index contributed by atoms with van der Waals surface area (Å²) in [5.41, 5.74) is 2.85. The van der Waals surface area contributed by atoms with Gasteiger partial charge in [-0.25, -0.2) is 0 Å². The van der Waals surface area contributed by atoms with Gasteiger partial charge in [0.1, 0.15) is 0 Å². The third kappa shape index (κ3) is 6.70. The van der Waals surface area contributed by atoms with Crippen LogP contribution in [-0.4, -0.2) is 6.18 Å². The number of allylic oxidation sites excluding steroid dienone is 2. The third-order valence-electron chi connectivity index (χ3n) is 5.10. The molecule has 0 aromatic heterocycles. The zero-order valence-electron chi connectivity index (χ0n) is 14.6. The van der Waals surface area contributed by atoms with Crippen molar-refractivity contribution in [2.75, 3.05) is 0 Å². The van der Waals surface area contributed by atoms with Crippen molar-refractivity contribution in [3.63, 3.8) is 0 Å². The quantitative estimate of drug-likeness (QED) is 0.461. The first-order valence-electron chi connectivity index (χ1n) is 9.28. The topological polar surface area (TPSA) is 0 Å². The molecule has 134 valence electrons. The van der Waals surface area contributed by atoms with E-state index < -0.39 is 12.6 Å². The molecule has 1 aromatic rings. The molecule has 3 heteroatoms. The minimum Gasteiger partial charge on any atom is -0.171 e. The molecule has 1 aliphatic rings. The number of unbranched alkanes of at least 4 members (excludes halogenated alkanes) is 1. The second kappa shape index (κ2) is 9.29. The molecule has 1 aliphatic carbocycles. The maximum absolute atomic E-state index is 12.1. The van der Waals surface area contributed by atoms with Gasteiger partial charge < -0.3 is 0 Å². The van der Waals surface area contributed by atoms with E-state index in [1.807, 2.05) is 0 Å². The molecule has 0 amide bonds. The number of aryl methyl sites for hydroxylation is 1. The second-order valence-corrected chi connectivity index (χ2v) is 7.09. The Hall–Kier alpha value is -1.25. The van der Waals surface area contributed by atoms with E-state index in [4.69, 9.17) is 0 Å². The van der Waals surface area contributed by atoms with Crippen molar-refractivity contribution in [3.05, 3.63) is 47.5 Å². The van der Waals surface area contributed by atoms with Gasteiger partial charge in [-0.1, -0.05) is 49.8 Å². The molecule has 1 saturated carbocycles. The van der Waals surface area contributed by atoms with Crippen LogP contribution in [0.25, 0.3) is 0 Å². The zero-order valence-corrected chi connectivity index (χ0v) is 14.6. The minimum absolute atomic E-state index is 0.551. The Morgan fingerprint density at radius 3 is 2.25 bits per heavy atom. The Kier molecular flexibility index (Phi) is 7.39. The number of alkyl halides is 3. The fourth-order valence-electron chi connectivity index (χ4n) is 3.57. The molecule has 0 saturated heterocycles. The average molecular weight is 338 g/mol. The van der Waals surface area contributed by atoms with Crippen LogP contribution in [-0.2, 0) is 6.42 Å². The Bertz CT molecular complexity index is 491. The van der Waals surface area contributed by atoms with E-state index in [0.29, 0.717) is 11.8 Å². The van der Waals surface area contributed by atoms with Crippen LogP contribution in [0, 0.1) is 5.92 Å². The van der Waals surface area contributed by atoms with E-state index in [1.54, 1.807) is 6.08 Å². The zero-order chi connectivity index (χ0) is 17.4. The van der Waals surface area contributed by atoms with Gasteiger partial charge in [0.05, 0.1) is 6.42 Å². The molecular formula is C21H29F3. The summed E-state index contributed by atoms with van der Waals surface area (Å²) >= 11 is 0. The number of rotatable bonds is 7. The van der Waals surface area contributed by atoms with Crippen LogP contribution in [0.5, 0.6) is 0 Å². The summed E-state index contributed by atoms with van der Waals surface area (Å²) in [6.07, 6.45) is 7.11. The molecule has 0 spiro atoms. The molecule has 0 unspecified atom stereocenters. The number of hydrogen-bond acceptors (Lipinski definition) is 0. The lowest BCUT2D eigenvalue weighted by atomic mass is 9.77. The van der Waals surface area contributed by atoms with Gasteiger partial charge in [0.2, 0.25) is 0 Å². The van der Waals surface area contributed by atoms with Crippen LogP contribution < -0.4 is 0 Å². The molecule has 0 N–H and O–H groups in total. The van der Waals surface area contributed by atoms with Crippen molar-refractivity contribution in [1.82, 2.24) is 0 Å². The second-order valence-electron chi connectivity index (χ2n) is 7.09. The van der Waals surface area contributed by atoms with E-state index in [9.17, 15) is 13.2 Å². The van der Waals surface area contributed by atoms with Gasteiger partial charge in [0.15, 0.2) is 0 Å². The molecule has 0 atom stereocenters. The van der Waals surface area contributed by atoms with Crippen LogP contribution >= 0.6 is 0 Å². The standard InChI is InChI=1S/C21H29F3/c1-2-3-6-17-8-12-19(13-9-17)20-14-10-18(11-15-20)7-4-5-16-21(22,23)24/h4-5,8-9,12-13,18,20H,2-3,6-7,10-11,14-16H2,1H3. The van der Waals surface area contributed by atoms with E-state index >= 15 is 0 Å². The van der Waals surface area contributed by atoms with Crippen molar-refractivity contribution in [3.8, 4) is 0 Å². The minimum atomic E-state index is -4.07. The molecular weight excluding hydrogens is 309 g/mol. The maximum Gasteiger partial charge on any atom is 0.392 e. The number of benzene rings is 1. The van der Waals surface area contributed by atoms with E-state index in [1.165, 1.54) is 30.0 Å². The van der Waals surface area contributed by atoms with Gasteiger partial charge in [0.25, 0.3) is 0 Å². The normalized spacial score (nSPS) is 22.2. The molecule has 1 fully saturated rings. The lowest BCUT2D eigenvalue weighted by Crippen LogP contribution is -2.13. The van der Waals surface area contributed by atoms with Crippen LogP contribution in [0.3, 0.4) is 0 Å². The summed E-state index contributed by atoms with van der Waals surface area (Å²) in [7, 11) is 0. The fraction of sp³-hybridized carbons (Fsp3) is 0.619.